The summed E-state index contributed by atoms with van der Waals surface area (Å²) in [6.07, 6.45) is 2.00. The molecule has 0 radical (unpaired) electrons. The van der Waals surface area contributed by atoms with Crippen LogP contribution in [-0.4, -0.2) is 65.4 Å². The molecule has 0 unspecified atom stereocenters. The van der Waals surface area contributed by atoms with Gasteiger partial charge in [-0.1, -0.05) is 13.8 Å². The van der Waals surface area contributed by atoms with Gasteiger partial charge in [-0.3, -0.25) is 4.79 Å². The van der Waals surface area contributed by atoms with E-state index in [1.807, 2.05) is 6.92 Å². The predicted molar refractivity (Wildman–Crippen MR) is 88.6 cm³/mol. The Bertz CT molecular complexity index is 257. The fourth-order valence-corrected chi connectivity index (χ4v) is 1.60. The highest BCUT2D eigenvalue weighted by Crippen LogP contribution is 2.01. The van der Waals surface area contributed by atoms with Gasteiger partial charge in [0.25, 0.3) is 0 Å². The fraction of sp³-hybridized carbons (Fsp3) is 0.941. The number of carbonyl (C=O) groups is 1. The molecule has 0 atom stereocenters. The normalized spacial score (nSPS) is 11.1. The molecule has 0 aromatic carbocycles. The zero-order valence-electron chi connectivity index (χ0n) is 15.0. The summed E-state index contributed by atoms with van der Waals surface area (Å²) in [5.41, 5.74) is 0. The first-order valence-corrected chi connectivity index (χ1v) is 8.63. The molecule has 6 nitrogen and oxygen atoms in total. The van der Waals surface area contributed by atoms with Gasteiger partial charge in [-0.15, -0.1) is 0 Å². The summed E-state index contributed by atoms with van der Waals surface area (Å²) in [7, 11) is 0. The Morgan fingerprint density at radius 3 is 1.83 bits per heavy atom. The van der Waals surface area contributed by atoms with Gasteiger partial charge >= 0.3 is 5.97 Å². The standard InChI is InChI=1S/C17H34O6/c1-4-19-10-11-21-14-15-22-13-12-20-8-5-6-17(18)23-9-7-16(2)3/h16H,4-15H2,1-3H3. The molecule has 0 aromatic rings. The molecule has 0 aromatic heterocycles. The maximum atomic E-state index is 11.4. The van der Waals surface area contributed by atoms with Crippen molar-refractivity contribution in [2.24, 2.45) is 5.92 Å². The molecule has 0 amide bonds. The summed E-state index contributed by atoms with van der Waals surface area (Å²) < 4.78 is 26.3. The lowest BCUT2D eigenvalue weighted by Crippen LogP contribution is -2.12. The highest BCUT2D eigenvalue weighted by atomic mass is 16.6. The summed E-state index contributed by atoms with van der Waals surface area (Å²) in [6, 6.07) is 0. The van der Waals surface area contributed by atoms with E-state index >= 15 is 0 Å². The smallest absolute Gasteiger partial charge is 0.305 e. The minimum atomic E-state index is -0.144. The van der Waals surface area contributed by atoms with Crippen molar-refractivity contribution in [2.45, 2.75) is 40.0 Å². The maximum absolute atomic E-state index is 11.4. The minimum absolute atomic E-state index is 0.144. The molecule has 0 N–H and O–H groups in total. The van der Waals surface area contributed by atoms with Crippen molar-refractivity contribution in [3.8, 4) is 0 Å². The number of hydrogen-bond acceptors (Lipinski definition) is 6. The van der Waals surface area contributed by atoms with Crippen molar-refractivity contribution in [1.29, 1.82) is 0 Å². The molecule has 0 aliphatic rings. The van der Waals surface area contributed by atoms with Gasteiger partial charge in [-0.05, 0) is 25.7 Å². The molecular formula is C17H34O6. The van der Waals surface area contributed by atoms with Crippen LogP contribution in [0, 0.1) is 5.92 Å². The number of esters is 1. The lowest BCUT2D eigenvalue weighted by atomic mass is 10.1. The molecule has 0 bridgehead atoms. The summed E-state index contributed by atoms with van der Waals surface area (Å²) in [4.78, 5) is 11.4. The quantitative estimate of drug-likeness (QED) is 0.301. The van der Waals surface area contributed by atoms with Crippen molar-refractivity contribution in [3.05, 3.63) is 0 Å². The number of rotatable bonds is 17. The Labute approximate surface area is 140 Å². The van der Waals surface area contributed by atoms with Gasteiger partial charge in [0, 0.05) is 19.6 Å². The third-order valence-electron chi connectivity index (χ3n) is 2.95. The largest absolute Gasteiger partial charge is 0.466 e. The average Bonchev–Trinajstić information content (AvgIpc) is 2.51. The highest BCUT2D eigenvalue weighted by Gasteiger charge is 2.03. The molecule has 0 saturated heterocycles. The summed E-state index contributed by atoms with van der Waals surface area (Å²) in [6.45, 7) is 11.4. The van der Waals surface area contributed by atoms with Gasteiger partial charge in [0.05, 0.1) is 46.2 Å². The van der Waals surface area contributed by atoms with Crippen LogP contribution < -0.4 is 0 Å². The van der Waals surface area contributed by atoms with Crippen LogP contribution in [0.2, 0.25) is 0 Å². The number of carbonyl (C=O) groups excluding carboxylic acids is 1. The third kappa shape index (κ3) is 19.3. The van der Waals surface area contributed by atoms with Crippen LogP contribution in [0.1, 0.15) is 40.0 Å². The molecule has 0 saturated carbocycles. The van der Waals surface area contributed by atoms with Crippen LogP contribution >= 0.6 is 0 Å². The third-order valence-corrected chi connectivity index (χ3v) is 2.95. The Morgan fingerprint density at radius 2 is 1.30 bits per heavy atom. The molecule has 0 aliphatic heterocycles. The van der Waals surface area contributed by atoms with E-state index in [-0.39, 0.29) is 5.97 Å². The molecule has 0 rings (SSSR count). The van der Waals surface area contributed by atoms with Crippen molar-refractivity contribution < 1.29 is 28.5 Å². The van der Waals surface area contributed by atoms with Crippen molar-refractivity contribution in [2.75, 3.05) is 59.5 Å². The first kappa shape index (κ1) is 22.3. The Balaban J connectivity index is 3.11. The van der Waals surface area contributed by atoms with Crippen molar-refractivity contribution in [3.63, 3.8) is 0 Å². The molecule has 0 heterocycles. The predicted octanol–water partition coefficient (Wildman–Crippen LogP) is 2.44. The number of hydrogen-bond donors (Lipinski definition) is 0. The molecule has 0 aliphatic carbocycles. The van der Waals surface area contributed by atoms with E-state index in [2.05, 4.69) is 13.8 Å². The zero-order valence-corrected chi connectivity index (χ0v) is 15.0. The van der Waals surface area contributed by atoms with E-state index in [4.69, 9.17) is 23.7 Å². The van der Waals surface area contributed by atoms with Crippen LogP contribution in [0.15, 0.2) is 0 Å². The summed E-state index contributed by atoms with van der Waals surface area (Å²) in [5.74, 6) is 0.413. The van der Waals surface area contributed by atoms with Gasteiger partial charge in [0.15, 0.2) is 0 Å². The Hall–Kier alpha value is -0.690. The summed E-state index contributed by atoms with van der Waals surface area (Å²) >= 11 is 0. The van der Waals surface area contributed by atoms with Crippen molar-refractivity contribution in [1.82, 2.24) is 0 Å². The minimum Gasteiger partial charge on any atom is -0.466 e. The van der Waals surface area contributed by atoms with Crippen LogP contribution in [0.4, 0.5) is 0 Å². The first-order chi connectivity index (χ1) is 11.2. The second kappa shape index (κ2) is 17.7. The van der Waals surface area contributed by atoms with E-state index in [0.29, 0.717) is 78.2 Å². The lowest BCUT2D eigenvalue weighted by Gasteiger charge is -2.08. The molecule has 23 heavy (non-hydrogen) atoms. The Kier molecular flexibility index (Phi) is 17.1. The summed E-state index contributed by atoms with van der Waals surface area (Å²) in [5, 5.41) is 0. The molecule has 0 fully saturated rings. The fourth-order valence-electron chi connectivity index (χ4n) is 1.60. The average molecular weight is 334 g/mol. The monoisotopic (exact) mass is 334 g/mol. The molecule has 138 valence electrons. The second-order valence-electron chi connectivity index (χ2n) is 5.54. The van der Waals surface area contributed by atoms with Crippen LogP contribution in [0.25, 0.3) is 0 Å². The topological polar surface area (TPSA) is 63.2 Å². The van der Waals surface area contributed by atoms with E-state index in [0.717, 1.165) is 6.42 Å². The number of ether oxygens (including phenoxy) is 5. The molecule has 6 heteroatoms. The Morgan fingerprint density at radius 1 is 0.783 bits per heavy atom. The molecule has 0 spiro atoms. The SMILES string of the molecule is CCOCCOCCOCCOCCCC(=O)OCCC(C)C. The van der Waals surface area contributed by atoms with E-state index in [9.17, 15) is 4.79 Å². The van der Waals surface area contributed by atoms with E-state index in [1.165, 1.54) is 0 Å². The van der Waals surface area contributed by atoms with E-state index < -0.39 is 0 Å². The van der Waals surface area contributed by atoms with Gasteiger partial charge in [-0.2, -0.15) is 0 Å². The van der Waals surface area contributed by atoms with Crippen molar-refractivity contribution >= 4 is 5.97 Å². The van der Waals surface area contributed by atoms with Gasteiger partial charge in [0.1, 0.15) is 0 Å². The zero-order chi connectivity index (χ0) is 17.2. The first-order valence-electron chi connectivity index (χ1n) is 8.63. The van der Waals surface area contributed by atoms with Gasteiger partial charge in [-0.25, -0.2) is 0 Å². The van der Waals surface area contributed by atoms with Crippen LogP contribution in [0.5, 0.6) is 0 Å². The van der Waals surface area contributed by atoms with E-state index in [1.54, 1.807) is 0 Å². The lowest BCUT2D eigenvalue weighted by molar-refractivity contribution is -0.144. The van der Waals surface area contributed by atoms with Crippen LogP contribution in [-0.2, 0) is 28.5 Å². The molecular weight excluding hydrogens is 300 g/mol. The second-order valence-corrected chi connectivity index (χ2v) is 5.54. The van der Waals surface area contributed by atoms with Crippen LogP contribution in [0.3, 0.4) is 0 Å². The van der Waals surface area contributed by atoms with Gasteiger partial charge in [0.2, 0.25) is 0 Å². The maximum Gasteiger partial charge on any atom is 0.305 e. The highest BCUT2D eigenvalue weighted by molar-refractivity contribution is 5.69. The van der Waals surface area contributed by atoms with Gasteiger partial charge < -0.3 is 23.7 Å².